The van der Waals surface area contributed by atoms with E-state index in [0.717, 1.165) is 42.2 Å². The monoisotopic (exact) mass is 300 g/mol. The SMILES string of the molecule is CC[C@H]1COCCN1c1cc(CO)cc(Br)n1. The number of hydrogen-bond donors (Lipinski definition) is 1. The molecule has 0 aromatic carbocycles. The average Bonchev–Trinajstić information content (AvgIpc) is 2.37. The fraction of sp³-hybridized carbons (Fsp3) is 0.583. The lowest BCUT2D eigenvalue weighted by atomic mass is 10.1. The second-order valence-electron chi connectivity index (χ2n) is 4.14. The normalized spacial score (nSPS) is 20.6. The molecule has 17 heavy (non-hydrogen) atoms. The molecule has 0 amide bonds. The largest absolute Gasteiger partial charge is 0.392 e. The van der Waals surface area contributed by atoms with E-state index in [1.165, 1.54) is 0 Å². The van der Waals surface area contributed by atoms with Crippen molar-refractivity contribution in [3.63, 3.8) is 0 Å². The van der Waals surface area contributed by atoms with Gasteiger partial charge in [-0.05, 0) is 40.0 Å². The fourth-order valence-corrected chi connectivity index (χ4v) is 2.54. The van der Waals surface area contributed by atoms with Gasteiger partial charge in [-0.25, -0.2) is 4.98 Å². The highest BCUT2D eigenvalue weighted by atomic mass is 79.9. The van der Waals surface area contributed by atoms with Crippen LogP contribution in [0.25, 0.3) is 0 Å². The Kier molecular flexibility index (Phi) is 4.36. The van der Waals surface area contributed by atoms with Crippen molar-refractivity contribution in [2.75, 3.05) is 24.7 Å². The third-order valence-electron chi connectivity index (χ3n) is 3.02. The minimum absolute atomic E-state index is 0.0370. The maximum Gasteiger partial charge on any atom is 0.130 e. The molecule has 1 saturated heterocycles. The van der Waals surface area contributed by atoms with Crippen LogP contribution in [0.15, 0.2) is 16.7 Å². The second kappa shape index (κ2) is 5.80. The Balaban J connectivity index is 2.27. The fourth-order valence-electron chi connectivity index (χ4n) is 2.07. The van der Waals surface area contributed by atoms with Crippen LogP contribution in [0.5, 0.6) is 0 Å². The molecule has 94 valence electrons. The Morgan fingerprint density at radius 3 is 3.12 bits per heavy atom. The van der Waals surface area contributed by atoms with Crippen molar-refractivity contribution in [3.05, 3.63) is 22.3 Å². The molecule has 2 heterocycles. The van der Waals surface area contributed by atoms with Gasteiger partial charge in [0.05, 0.1) is 25.9 Å². The van der Waals surface area contributed by atoms with Crippen LogP contribution >= 0.6 is 15.9 Å². The lowest BCUT2D eigenvalue weighted by Crippen LogP contribution is -2.45. The quantitative estimate of drug-likeness (QED) is 0.867. The molecule has 0 saturated carbocycles. The first-order chi connectivity index (χ1) is 8.24. The Morgan fingerprint density at radius 1 is 1.59 bits per heavy atom. The van der Waals surface area contributed by atoms with E-state index >= 15 is 0 Å². The van der Waals surface area contributed by atoms with Crippen LogP contribution in [-0.2, 0) is 11.3 Å². The smallest absolute Gasteiger partial charge is 0.130 e. The van der Waals surface area contributed by atoms with E-state index in [2.05, 4.69) is 32.7 Å². The zero-order valence-electron chi connectivity index (χ0n) is 9.90. The van der Waals surface area contributed by atoms with Gasteiger partial charge in [-0.15, -0.1) is 0 Å². The summed E-state index contributed by atoms with van der Waals surface area (Å²) in [6.07, 6.45) is 1.03. The van der Waals surface area contributed by atoms with E-state index in [1.807, 2.05) is 12.1 Å². The Morgan fingerprint density at radius 2 is 2.41 bits per heavy atom. The van der Waals surface area contributed by atoms with Gasteiger partial charge in [0.15, 0.2) is 0 Å². The van der Waals surface area contributed by atoms with Crippen LogP contribution in [0.1, 0.15) is 18.9 Å². The summed E-state index contributed by atoms with van der Waals surface area (Å²) in [4.78, 5) is 6.74. The zero-order chi connectivity index (χ0) is 12.3. The van der Waals surface area contributed by atoms with Crippen LogP contribution in [-0.4, -0.2) is 35.9 Å². The molecule has 1 N–H and O–H groups in total. The standard InChI is InChI=1S/C12H17BrN2O2/c1-2-10-8-17-4-3-15(10)12-6-9(7-16)5-11(13)14-12/h5-6,10,16H,2-4,7-8H2,1H3/t10-/m0/s1. The molecule has 4 nitrogen and oxygen atoms in total. The maximum atomic E-state index is 9.22. The highest BCUT2D eigenvalue weighted by Crippen LogP contribution is 2.23. The van der Waals surface area contributed by atoms with Crippen LogP contribution in [0.3, 0.4) is 0 Å². The predicted octanol–water partition coefficient (Wildman–Crippen LogP) is 1.95. The van der Waals surface area contributed by atoms with Crippen molar-refractivity contribution in [2.24, 2.45) is 0 Å². The number of pyridine rings is 1. The number of halogens is 1. The molecule has 0 spiro atoms. The lowest BCUT2D eigenvalue weighted by molar-refractivity contribution is 0.0925. The summed E-state index contributed by atoms with van der Waals surface area (Å²) in [5.74, 6) is 0.915. The number of aromatic nitrogens is 1. The number of rotatable bonds is 3. The van der Waals surface area contributed by atoms with Gasteiger partial charge >= 0.3 is 0 Å². The summed E-state index contributed by atoms with van der Waals surface area (Å²) < 4.78 is 6.25. The molecule has 1 aliphatic rings. The van der Waals surface area contributed by atoms with Crippen molar-refractivity contribution in [3.8, 4) is 0 Å². The van der Waals surface area contributed by atoms with E-state index < -0.39 is 0 Å². The third-order valence-corrected chi connectivity index (χ3v) is 3.42. The van der Waals surface area contributed by atoms with Crippen molar-refractivity contribution < 1.29 is 9.84 Å². The van der Waals surface area contributed by atoms with E-state index in [4.69, 9.17) is 4.74 Å². The Labute approximate surface area is 110 Å². The number of anilines is 1. The summed E-state index contributed by atoms with van der Waals surface area (Å²) in [5.41, 5.74) is 0.878. The number of hydrogen-bond acceptors (Lipinski definition) is 4. The third kappa shape index (κ3) is 2.97. The van der Waals surface area contributed by atoms with E-state index in [1.54, 1.807) is 0 Å². The first-order valence-corrected chi connectivity index (χ1v) is 6.65. The lowest BCUT2D eigenvalue weighted by Gasteiger charge is -2.36. The summed E-state index contributed by atoms with van der Waals surface area (Å²) in [7, 11) is 0. The zero-order valence-corrected chi connectivity index (χ0v) is 11.5. The number of morpholine rings is 1. The van der Waals surface area contributed by atoms with E-state index in [-0.39, 0.29) is 6.61 Å². The molecule has 1 atom stereocenters. The van der Waals surface area contributed by atoms with Crippen molar-refractivity contribution in [1.82, 2.24) is 4.98 Å². The topological polar surface area (TPSA) is 45.6 Å². The highest BCUT2D eigenvalue weighted by Gasteiger charge is 2.23. The molecule has 1 aromatic heterocycles. The average molecular weight is 301 g/mol. The number of ether oxygens (including phenoxy) is 1. The van der Waals surface area contributed by atoms with Gasteiger partial charge in [-0.3, -0.25) is 0 Å². The second-order valence-corrected chi connectivity index (χ2v) is 4.96. The molecule has 0 radical (unpaired) electrons. The number of aliphatic hydroxyl groups is 1. The van der Waals surface area contributed by atoms with Gasteiger partial charge in [0.2, 0.25) is 0 Å². The van der Waals surface area contributed by atoms with Crippen LogP contribution in [0, 0.1) is 0 Å². The van der Waals surface area contributed by atoms with Crippen molar-refractivity contribution in [1.29, 1.82) is 0 Å². The van der Waals surface area contributed by atoms with Gasteiger partial charge in [0, 0.05) is 6.54 Å². The Hall–Kier alpha value is -0.650. The molecule has 1 aromatic rings. The van der Waals surface area contributed by atoms with Gasteiger partial charge in [0.1, 0.15) is 10.4 Å². The molecule has 0 bridgehead atoms. The minimum atomic E-state index is 0.0370. The first-order valence-electron chi connectivity index (χ1n) is 5.86. The summed E-state index contributed by atoms with van der Waals surface area (Å²) >= 11 is 3.38. The molecule has 0 aliphatic carbocycles. The molecular weight excluding hydrogens is 284 g/mol. The minimum Gasteiger partial charge on any atom is -0.392 e. The van der Waals surface area contributed by atoms with Gasteiger partial charge in [-0.1, -0.05) is 6.92 Å². The van der Waals surface area contributed by atoms with Crippen LogP contribution in [0.2, 0.25) is 0 Å². The van der Waals surface area contributed by atoms with Gasteiger partial charge in [-0.2, -0.15) is 0 Å². The van der Waals surface area contributed by atoms with Crippen molar-refractivity contribution in [2.45, 2.75) is 26.0 Å². The summed E-state index contributed by atoms with van der Waals surface area (Å²) in [5, 5.41) is 9.22. The molecule has 1 aliphatic heterocycles. The molecule has 5 heteroatoms. The van der Waals surface area contributed by atoms with Crippen LogP contribution in [0.4, 0.5) is 5.82 Å². The molecule has 1 fully saturated rings. The summed E-state index contributed by atoms with van der Waals surface area (Å²) in [6, 6.07) is 4.15. The predicted molar refractivity (Wildman–Crippen MR) is 70.1 cm³/mol. The molecular formula is C12H17BrN2O2. The number of nitrogens with zero attached hydrogens (tertiary/aromatic N) is 2. The van der Waals surface area contributed by atoms with Gasteiger partial charge < -0.3 is 14.7 Å². The summed E-state index contributed by atoms with van der Waals surface area (Å²) in [6.45, 7) is 4.53. The van der Waals surface area contributed by atoms with Gasteiger partial charge in [0.25, 0.3) is 0 Å². The highest BCUT2D eigenvalue weighted by molar-refractivity contribution is 9.10. The number of aliphatic hydroxyl groups excluding tert-OH is 1. The first kappa shape index (κ1) is 12.8. The Bertz CT molecular complexity index is 387. The molecule has 2 rings (SSSR count). The van der Waals surface area contributed by atoms with E-state index in [9.17, 15) is 5.11 Å². The van der Waals surface area contributed by atoms with Crippen molar-refractivity contribution >= 4 is 21.7 Å². The van der Waals surface area contributed by atoms with E-state index in [0.29, 0.717) is 6.04 Å². The maximum absolute atomic E-state index is 9.22. The van der Waals surface area contributed by atoms with Crippen LogP contribution < -0.4 is 4.90 Å². The molecule has 0 unspecified atom stereocenters.